The monoisotopic (exact) mass is 345 g/mol. The van der Waals surface area contributed by atoms with Gasteiger partial charge in [-0.1, -0.05) is 0 Å². The van der Waals surface area contributed by atoms with E-state index in [0.29, 0.717) is 6.54 Å². The minimum atomic E-state index is -0.817. The molecule has 2 aromatic rings. The van der Waals surface area contributed by atoms with Gasteiger partial charge in [0.15, 0.2) is 0 Å². The van der Waals surface area contributed by atoms with Gasteiger partial charge in [0.2, 0.25) is 0 Å². The number of rotatable bonds is 5. The molecule has 2 atom stereocenters. The third-order valence-corrected chi connectivity index (χ3v) is 5.41. The molecule has 2 aromatic heterocycles. The van der Waals surface area contributed by atoms with E-state index >= 15 is 0 Å². The highest BCUT2D eigenvalue weighted by molar-refractivity contribution is 9.11. The quantitative estimate of drug-likeness (QED) is 0.853. The van der Waals surface area contributed by atoms with Gasteiger partial charge in [-0.2, -0.15) is 11.3 Å². The summed E-state index contributed by atoms with van der Waals surface area (Å²) in [6.45, 7) is 4.50. The molecule has 0 radical (unpaired) electrons. The molecule has 0 aliphatic rings. The summed E-state index contributed by atoms with van der Waals surface area (Å²) < 4.78 is 1.13. The van der Waals surface area contributed by atoms with E-state index in [1.54, 1.807) is 22.7 Å². The summed E-state index contributed by atoms with van der Waals surface area (Å²) in [7, 11) is 0. The molecule has 0 bridgehead atoms. The van der Waals surface area contributed by atoms with Crippen molar-refractivity contribution in [3.63, 3.8) is 0 Å². The van der Waals surface area contributed by atoms with Gasteiger partial charge in [-0.05, 0) is 64.3 Å². The zero-order chi connectivity index (χ0) is 13.2. The van der Waals surface area contributed by atoms with Crippen LogP contribution in [0.5, 0.6) is 0 Å². The van der Waals surface area contributed by atoms with E-state index in [4.69, 9.17) is 0 Å². The predicted molar refractivity (Wildman–Crippen MR) is 82.3 cm³/mol. The van der Waals surface area contributed by atoms with Gasteiger partial charge in [-0.15, -0.1) is 11.3 Å². The van der Waals surface area contributed by atoms with E-state index < -0.39 is 5.60 Å². The molecule has 2 unspecified atom stereocenters. The standard InChI is InChI=1S/C13H16BrNOS2/c1-9(11-3-4-12(14)18-11)15-8-13(2,16)10-5-6-17-7-10/h3-7,9,15-16H,8H2,1-2H3. The Labute approximate surface area is 124 Å². The van der Waals surface area contributed by atoms with E-state index in [9.17, 15) is 5.11 Å². The van der Waals surface area contributed by atoms with Crippen molar-refractivity contribution in [2.75, 3.05) is 6.54 Å². The summed E-state index contributed by atoms with van der Waals surface area (Å²) in [5.74, 6) is 0. The van der Waals surface area contributed by atoms with E-state index in [1.165, 1.54) is 4.88 Å². The fraction of sp³-hybridized carbons (Fsp3) is 0.385. The van der Waals surface area contributed by atoms with Gasteiger partial charge in [0.1, 0.15) is 5.60 Å². The van der Waals surface area contributed by atoms with Crippen LogP contribution in [0.3, 0.4) is 0 Å². The van der Waals surface area contributed by atoms with Gasteiger partial charge in [-0.3, -0.25) is 0 Å². The maximum absolute atomic E-state index is 10.4. The zero-order valence-electron chi connectivity index (χ0n) is 10.3. The van der Waals surface area contributed by atoms with E-state index in [0.717, 1.165) is 9.35 Å². The van der Waals surface area contributed by atoms with Crippen molar-refractivity contribution in [2.24, 2.45) is 0 Å². The Morgan fingerprint density at radius 3 is 2.78 bits per heavy atom. The molecule has 2 nitrogen and oxygen atoms in total. The molecule has 0 saturated heterocycles. The van der Waals surface area contributed by atoms with Crippen molar-refractivity contribution in [1.82, 2.24) is 5.32 Å². The summed E-state index contributed by atoms with van der Waals surface area (Å²) in [5, 5.41) is 17.8. The van der Waals surface area contributed by atoms with Crippen molar-refractivity contribution >= 4 is 38.6 Å². The van der Waals surface area contributed by atoms with Crippen molar-refractivity contribution in [3.05, 3.63) is 43.2 Å². The molecule has 5 heteroatoms. The maximum Gasteiger partial charge on any atom is 0.100 e. The Morgan fingerprint density at radius 1 is 1.44 bits per heavy atom. The number of aliphatic hydroxyl groups is 1. The lowest BCUT2D eigenvalue weighted by Crippen LogP contribution is -2.36. The lowest BCUT2D eigenvalue weighted by Gasteiger charge is -2.25. The van der Waals surface area contributed by atoms with Crippen molar-refractivity contribution in [2.45, 2.75) is 25.5 Å². The second kappa shape index (κ2) is 5.84. The number of hydrogen-bond donors (Lipinski definition) is 2. The minimum absolute atomic E-state index is 0.242. The van der Waals surface area contributed by atoms with E-state index in [1.807, 2.05) is 23.8 Å². The molecule has 98 valence electrons. The van der Waals surface area contributed by atoms with Gasteiger partial charge < -0.3 is 10.4 Å². The highest BCUT2D eigenvalue weighted by Gasteiger charge is 2.24. The fourth-order valence-electron chi connectivity index (χ4n) is 1.69. The molecule has 2 heterocycles. The zero-order valence-corrected chi connectivity index (χ0v) is 13.5. The summed E-state index contributed by atoms with van der Waals surface area (Å²) in [4.78, 5) is 1.27. The van der Waals surface area contributed by atoms with Gasteiger partial charge in [0, 0.05) is 17.5 Å². The number of halogens is 1. The predicted octanol–water partition coefficient (Wildman–Crippen LogP) is 4.13. The molecule has 2 N–H and O–H groups in total. The van der Waals surface area contributed by atoms with Crippen LogP contribution in [0.15, 0.2) is 32.7 Å². The number of nitrogens with one attached hydrogen (secondary N) is 1. The fourth-order valence-corrected chi connectivity index (χ4v) is 3.92. The van der Waals surface area contributed by atoms with E-state index in [2.05, 4.69) is 40.3 Å². The average Bonchev–Trinajstić information content (AvgIpc) is 2.96. The second-order valence-electron chi connectivity index (χ2n) is 4.53. The molecule has 0 aromatic carbocycles. The average molecular weight is 346 g/mol. The largest absolute Gasteiger partial charge is 0.384 e. The molecule has 0 aliphatic heterocycles. The smallest absolute Gasteiger partial charge is 0.100 e. The minimum Gasteiger partial charge on any atom is -0.384 e. The Morgan fingerprint density at radius 2 is 2.22 bits per heavy atom. The molecule has 18 heavy (non-hydrogen) atoms. The van der Waals surface area contributed by atoms with Crippen LogP contribution in [0.1, 0.15) is 30.3 Å². The van der Waals surface area contributed by atoms with Crippen LogP contribution in [0, 0.1) is 0 Å². The normalized spacial score (nSPS) is 16.4. The van der Waals surface area contributed by atoms with Gasteiger partial charge in [0.25, 0.3) is 0 Å². The van der Waals surface area contributed by atoms with Crippen LogP contribution in [-0.4, -0.2) is 11.7 Å². The maximum atomic E-state index is 10.4. The third kappa shape index (κ3) is 3.42. The highest BCUT2D eigenvalue weighted by Crippen LogP contribution is 2.28. The Kier molecular flexibility index (Phi) is 4.61. The van der Waals surface area contributed by atoms with Crippen molar-refractivity contribution in [3.8, 4) is 0 Å². The molecule has 0 aliphatic carbocycles. The van der Waals surface area contributed by atoms with Gasteiger partial charge >= 0.3 is 0 Å². The van der Waals surface area contributed by atoms with Crippen LogP contribution in [0.2, 0.25) is 0 Å². The summed E-state index contributed by atoms with van der Waals surface area (Å²) in [5.41, 5.74) is 0.155. The van der Waals surface area contributed by atoms with Crippen LogP contribution in [0.4, 0.5) is 0 Å². The van der Waals surface area contributed by atoms with Crippen molar-refractivity contribution in [1.29, 1.82) is 0 Å². The van der Waals surface area contributed by atoms with Crippen LogP contribution in [-0.2, 0) is 5.60 Å². The summed E-state index contributed by atoms with van der Waals surface area (Å²) >= 11 is 6.79. The summed E-state index contributed by atoms with van der Waals surface area (Å²) in [6.07, 6.45) is 0. The van der Waals surface area contributed by atoms with Crippen LogP contribution in [0.25, 0.3) is 0 Å². The van der Waals surface area contributed by atoms with Crippen LogP contribution >= 0.6 is 38.6 Å². The molecular formula is C13H16BrNOS2. The van der Waals surface area contributed by atoms with Gasteiger partial charge in [-0.25, -0.2) is 0 Å². The Hall–Kier alpha value is -0.200. The molecular weight excluding hydrogens is 330 g/mol. The highest BCUT2D eigenvalue weighted by atomic mass is 79.9. The van der Waals surface area contributed by atoms with Gasteiger partial charge in [0.05, 0.1) is 3.79 Å². The lowest BCUT2D eigenvalue weighted by molar-refractivity contribution is 0.0549. The second-order valence-corrected chi connectivity index (χ2v) is 7.80. The molecule has 0 fully saturated rings. The first-order chi connectivity index (χ1) is 8.49. The first-order valence-electron chi connectivity index (χ1n) is 5.73. The first-order valence-corrected chi connectivity index (χ1v) is 8.28. The molecule has 2 rings (SSSR count). The number of hydrogen-bond acceptors (Lipinski definition) is 4. The first kappa shape index (κ1) is 14.2. The topological polar surface area (TPSA) is 32.3 Å². The Balaban J connectivity index is 1.95. The molecule has 0 saturated carbocycles. The SMILES string of the molecule is CC(NCC(C)(O)c1ccsc1)c1ccc(Br)s1. The molecule has 0 spiro atoms. The Bertz CT molecular complexity index is 493. The third-order valence-electron chi connectivity index (χ3n) is 2.92. The van der Waals surface area contributed by atoms with Crippen molar-refractivity contribution < 1.29 is 5.11 Å². The summed E-state index contributed by atoms with van der Waals surface area (Å²) in [6, 6.07) is 6.37. The van der Waals surface area contributed by atoms with E-state index in [-0.39, 0.29) is 6.04 Å². The van der Waals surface area contributed by atoms with Crippen LogP contribution < -0.4 is 5.32 Å². The molecule has 0 amide bonds. The number of thiophene rings is 2. The lowest BCUT2D eigenvalue weighted by atomic mass is 9.99.